The number of para-hydroxylation sites is 2. The Labute approximate surface area is 305 Å². The summed E-state index contributed by atoms with van der Waals surface area (Å²) in [6.45, 7) is 0. The van der Waals surface area contributed by atoms with Crippen LogP contribution < -0.4 is 4.90 Å². The molecule has 10 rings (SSSR count). The molecule has 4 aromatic heterocycles. The third kappa shape index (κ3) is 5.30. The summed E-state index contributed by atoms with van der Waals surface area (Å²) in [7, 11) is 0. The molecular weight excluding hydrogens is 651 g/mol. The maximum absolute atomic E-state index is 4.37. The molecule has 0 saturated carbocycles. The molecule has 10 aromatic rings. The zero-order chi connectivity index (χ0) is 35.1. The third-order valence-corrected chi connectivity index (χ3v) is 9.89. The van der Waals surface area contributed by atoms with Gasteiger partial charge in [0.25, 0.3) is 0 Å². The van der Waals surface area contributed by atoms with E-state index in [2.05, 4.69) is 192 Å². The Kier molecular flexibility index (Phi) is 7.32. The van der Waals surface area contributed by atoms with Gasteiger partial charge < -0.3 is 14.0 Å². The molecule has 0 saturated heterocycles. The molecule has 0 fully saturated rings. The number of aromatic nitrogens is 6. The summed E-state index contributed by atoms with van der Waals surface area (Å²) in [6, 6.07) is 55.9. The topological polar surface area (TPSA) is 64.7 Å². The number of hydrogen-bond donors (Lipinski definition) is 0. The predicted octanol–water partition coefficient (Wildman–Crippen LogP) is 11.1. The Balaban J connectivity index is 1.19. The van der Waals surface area contributed by atoms with Crippen molar-refractivity contribution in [2.45, 2.75) is 0 Å². The van der Waals surface area contributed by atoms with Gasteiger partial charge in [0.1, 0.15) is 12.7 Å². The monoisotopic (exact) mass is 681 g/mol. The molecule has 0 N–H and O–H groups in total. The summed E-state index contributed by atoms with van der Waals surface area (Å²) in [5.74, 6) is 0.639. The molecule has 0 amide bonds. The van der Waals surface area contributed by atoms with E-state index >= 15 is 0 Å². The van der Waals surface area contributed by atoms with Crippen LogP contribution >= 0.6 is 0 Å². The van der Waals surface area contributed by atoms with Crippen molar-refractivity contribution in [1.29, 1.82) is 0 Å². The van der Waals surface area contributed by atoms with Crippen LogP contribution in [-0.2, 0) is 0 Å². The van der Waals surface area contributed by atoms with Crippen molar-refractivity contribution in [2.75, 3.05) is 4.90 Å². The number of nitrogens with zero attached hydrogens (tertiary/aromatic N) is 7. The van der Waals surface area contributed by atoms with Crippen molar-refractivity contribution in [2.24, 2.45) is 0 Å². The maximum Gasteiger partial charge on any atom is 0.162 e. The second-order valence-corrected chi connectivity index (χ2v) is 12.9. The minimum absolute atomic E-state index is 0.639. The number of anilines is 3. The van der Waals surface area contributed by atoms with Crippen LogP contribution in [0.15, 0.2) is 189 Å². The van der Waals surface area contributed by atoms with E-state index in [-0.39, 0.29) is 0 Å². The van der Waals surface area contributed by atoms with Crippen LogP contribution in [-0.4, -0.2) is 29.1 Å². The van der Waals surface area contributed by atoms with Crippen molar-refractivity contribution in [3.05, 3.63) is 189 Å². The number of rotatable bonds is 7. The second-order valence-electron chi connectivity index (χ2n) is 12.9. The second kappa shape index (κ2) is 12.7. The van der Waals surface area contributed by atoms with Crippen LogP contribution in [0.25, 0.3) is 66.6 Å². The summed E-state index contributed by atoms with van der Waals surface area (Å²) in [6.07, 6.45) is 8.93. The molecule has 0 unspecified atom stereocenters. The fourth-order valence-electron chi connectivity index (χ4n) is 7.46. The van der Waals surface area contributed by atoms with Crippen molar-refractivity contribution < 1.29 is 0 Å². The van der Waals surface area contributed by atoms with Gasteiger partial charge in [0, 0.05) is 68.7 Å². The molecule has 0 spiro atoms. The van der Waals surface area contributed by atoms with Gasteiger partial charge >= 0.3 is 0 Å². The molecule has 0 aliphatic carbocycles. The van der Waals surface area contributed by atoms with Gasteiger partial charge in [0.15, 0.2) is 5.82 Å². The van der Waals surface area contributed by atoms with E-state index in [9.17, 15) is 0 Å². The molecule has 7 heteroatoms. The Morgan fingerprint density at radius 2 is 1.09 bits per heavy atom. The highest BCUT2D eigenvalue weighted by atomic mass is 15.1. The number of benzene rings is 6. The first-order chi connectivity index (χ1) is 26.3. The highest BCUT2D eigenvalue weighted by Gasteiger charge is 2.20. The van der Waals surface area contributed by atoms with Crippen molar-refractivity contribution in [1.82, 2.24) is 29.1 Å². The first-order valence-corrected chi connectivity index (χ1v) is 17.5. The van der Waals surface area contributed by atoms with Crippen LogP contribution in [0.4, 0.5) is 17.1 Å². The van der Waals surface area contributed by atoms with E-state index in [0.717, 1.165) is 61.7 Å². The van der Waals surface area contributed by atoms with E-state index in [0.29, 0.717) is 5.82 Å². The van der Waals surface area contributed by atoms with Crippen molar-refractivity contribution in [3.63, 3.8) is 0 Å². The summed E-state index contributed by atoms with van der Waals surface area (Å²) >= 11 is 0. The predicted molar refractivity (Wildman–Crippen MR) is 214 cm³/mol. The molecule has 0 radical (unpaired) electrons. The fourth-order valence-corrected chi connectivity index (χ4v) is 7.46. The molecule has 53 heavy (non-hydrogen) atoms. The normalized spacial score (nSPS) is 11.4. The van der Waals surface area contributed by atoms with Gasteiger partial charge in [-0.15, -0.1) is 0 Å². The van der Waals surface area contributed by atoms with Gasteiger partial charge in [-0.1, -0.05) is 54.6 Å². The van der Waals surface area contributed by atoms with E-state index in [4.69, 9.17) is 0 Å². The van der Waals surface area contributed by atoms with Crippen LogP contribution in [0.5, 0.6) is 0 Å². The first kappa shape index (κ1) is 30.4. The number of fused-ring (bicyclic) bond motifs is 5. The van der Waals surface area contributed by atoms with Gasteiger partial charge in [-0.25, -0.2) is 15.0 Å². The van der Waals surface area contributed by atoms with E-state index in [1.54, 1.807) is 6.20 Å². The van der Waals surface area contributed by atoms with Gasteiger partial charge in [-0.2, -0.15) is 0 Å². The van der Waals surface area contributed by atoms with E-state index in [1.807, 2.05) is 12.3 Å². The van der Waals surface area contributed by atoms with Crippen LogP contribution in [0.2, 0.25) is 0 Å². The molecule has 0 atom stereocenters. The Morgan fingerprint density at radius 1 is 0.453 bits per heavy atom. The van der Waals surface area contributed by atoms with Gasteiger partial charge in [-0.05, 0) is 114 Å². The highest BCUT2D eigenvalue weighted by molar-refractivity contribution is 6.22. The number of hydrogen-bond acceptors (Lipinski definition) is 5. The molecule has 7 nitrogen and oxygen atoms in total. The van der Waals surface area contributed by atoms with Crippen LogP contribution in [0, 0.1) is 0 Å². The summed E-state index contributed by atoms with van der Waals surface area (Å²) in [5, 5.41) is 3.60. The van der Waals surface area contributed by atoms with Crippen molar-refractivity contribution >= 4 is 49.8 Å². The van der Waals surface area contributed by atoms with Crippen LogP contribution in [0.1, 0.15) is 0 Å². The zero-order valence-corrected chi connectivity index (χ0v) is 28.5. The first-order valence-electron chi connectivity index (χ1n) is 17.5. The maximum atomic E-state index is 4.37. The van der Waals surface area contributed by atoms with Gasteiger partial charge in [0.05, 0.1) is 16.6 Å². The van der Waals surface area contributed by atoms with Crippen molar-refractivity contribution in [3.8, 4) is 33.9 Å². The summed E-state index contributed by atoms with van der Waals surface area (Å²) in [4.78, 5) is 19.4. The molecule has 6 aromatic carbocycles. The average molecular weight is 682 g/mol. The quantitative estimate of drug-likeness (QED) is 0.167. The smallest absolute Gasteiger partial charge is 0.162 e. The lowest BCUT2D eigenvalue weighted by molar-refractivity contribution is 1.06. The lowest BCUT2D eigenvalue weighted by Crippen LogP contribution is -2.10. The molecule has 0 aliphatic rings. The van der Waals surface area contributed by atoms with E-state index in [1.165, 1.54) is 28.8 Å². The largest absolute Gasteiger partial charge is 0.317 e. The Hall–Kier alpha value is -7.38. The fraction of sp³-hybridized carbons (Fsp3) is 0. The third-order valence-electron chi connectivity index (χ3n) is 9.89. The SMILES string of the molecule is c1ccc(-n2ccc3c4c5cc(N(c6ccc(-c7cccnc7)cc6)c6ccc(-c7ncncn7)cc6)ccc5n(-c5ccccc5)c4ccc32)cc1. The van der Waals surface area contributed by atoms with Gasteiger partial charge in [-0.3, -0.25) is 4.98 Å². The molecule has 4 heterocycles. The Bertz CT molecular complexity index is 2770. The highest BCUT2D eigenvalue weighted by Crippen LogP contribution is 2.42. The summed E-state index contributed by atoms with van der Waals surface area (Å²) < 4.78 is 4.65. The minimum Gasteiger partial charge on any atom is -0.317 e. The zero-order valence-electron chi connectivity index (χ0n) is 28.5. The molecular formula is C46H31N7. The van der Waals surface area contributed by atoms with E-state index < -0.39 is 0 Å². The molecule has 0 bridgehead atoms. The average Bonchev–Trinajstić information content (AvgIpc) is 3.82. The minimum atomic E-state index is 0.639. The molecule has 0 aliphatic heterocycles. The van der Waals surface area contributed by atoms with Crippen LogP contribution in [0.3, 0.4) is 0 Å². The standard InChI is InChI=1S/C46H31N7/c1-3-9-35(10-4-1)51-27-25-40-42(51)23-24-44-45(40)41-28-39(21-22-43(41)53(44)36-11-5-2-6-12-36)52(37-17-13-32(14-18-37)34-8-7-26-47-29-34)38-19-15-33(16-20-38)46-49-30-48-31-50-46/h1-31H. The summed E-state index contributed by atoms with van der Waals surface area (Å²) in [5.41, 5.74) is 11.9. The van der Waals surface area contributed by atoms with Gasteiger partial charge in [0.2, 0.25) is 0 Å². The number of pyridine rings is 1. The lowest BCUT2D eigenvalue weighted by Gasteiger charge is -2.26. The lowest BCUT2D eigenvalue weighted by atomic mass is 10.1. The molecule has 250 valence electrons. The Morgan fingerprint density at radius 3 is 1.79 bits per heavy atom.